The van der Waals surface area contributed by atoms with Crippen LogP contribution >= 0.6 is 11.3 Å². The van der Waals surface area contributed by atoms with Crippen LogP contribution in [0.2, 0.25) is 0 Å². The average Bonchev–Trinajstić information content (AvgIpc) is 3.02. The molecule has 80 valence electrons. The highest BCUT2D eigenvalue weighted by Crippen LogP contribution is 2.37. The third kappa shape index (κ3) is 1.91. The molecule has 2 fully saturated rings. The third-order valence-corrected chi connectivity index (χ3v) is 4.05. The minimum atomic E-state index is 1.07. The Morgan fingerprint density at radius 2 is 1.67 bits per heavy atom. The van der Waals surface area contributed by atoms with Crippen LogP contribution in [0.15, 0.2) is 11.1 Å². The van der Waals surface area contributed by atoms with E-state index in [4.69, 9.17) is 0 Å². The first kappa shape index (κ1) is 9.33. The molecular formula is C11H15N3S. The van der Waals surface area contributed by atoms with Gasteiger partial charge in [-0.05, 0) is 32.6 Å². The van der Waals surface area contributed by atoms with E-state index in [9.17, 15) is 0 Å². The van der Waals surface area contributed by atoms with E-state index in [2.05, 4.69) is 15.1 Å². The SMILES string of the molecule is Cc1nnc(N2CCC(=C3CC3)CC2)s1. The quantitative estimate of drug-likeness (QED) is 0.682. The second-order valence-electron chi connectivity index (χ2n) is 4.30. The topological polar surface area (TPSA) is 29.0 Å². The molecule has 2 aliphatic rings. The fourth-order valence-corrected chi connectivity index (χ4v) is 2.89. The van der Waals surface area contributed by atoms with Gasteiger partial charge in [0.2, 0.25) is 5.13 Å². The summed E-state index contributed by atoms with van der Waals surface area (Å²) in [4.78, 5) is 2.37. The minimum Gasteiger partial charge on any atom is -0.346 e. The number of aromatic nitrogens is 2. The molecule has 0 N–H and O–H groups in total. The fourth-order valence-electron chi connectivity index (χ4n) is 2.15. The van der Waals surface area contributed by atoms with Crippen molar-refractivity contribution in [2.24, 2.45) is 0 Å². The van der Waals surface area contributed by atoms with Crippen molar-refractivity contribution in [3.8, 4) is 0 Å². The molecule has 1 aromatic rings. The van der Waals surface area contributed by atoms with E-state index in [0.717, 1.165) is 23.2 Å². The number of piperidine rings is 1. The first-order chi connectivity index (χ1) is 7.33. The van der Waals surface area contributed by atoms with Crippen LogP contribution in [0.3, 0.4) is 0 Å². The fraction of sp³-hybridized carbons (Fsp3) is 0.636. The lowest BCUT2D eigenvalue weighted by Gasteiger charge is -2.27. The molecule has 15 heavy (non-hydrogen) atoms. The number of allylic oxidation sites excluding steroid dienone is 1. The van der Waals surface area contributed by atoms with E-state index in [1.807, 2.05) is 6.92 Å². The lowest BCUT2D eigenvalue weighted by atomic mass is 10.0. The van der Waals surface area contributed by atoms with E-state index >= 15 is 0 Å². The molecule has 0 spiro atoms. The van der Waals surface area contributed by atoms with Crippen LogP contribution in [-0.4, -0.2) is 23.3 Å². The van der Waals surface area contributed by atoms with Gasteiger partial charge in [0.1, 0.15) is 5.01 Å². The van der Waals surface area contributed by atoms with Crippen molar-refractivity contribution in [1.82, 2.24) is 10.2 Å². The van der Waals surface area contributed by atoms with Crippen molar-refractivity contribution in [3.05, 3.63) is 16.2 Å². The average molecular weight is 221 g/mol. The standard InChI is InChI=1S/C11H15N3S/c1-8-12-13-11(15-8)14-6-4-10(5-7-14)9-2-3-9/h2-7H2,1H3. The molecule has 0 radical (unpaired) electrons. The molecule has 0 aromatic carbocycles. The number of aryl methyl sites for hydroxylation is 1. The summed E-state index contributed by atoms with van der Waals surface area (Å²) in [5.74, 6) is 0. The van der Waals surface area contributed by atoms with Gasteiger partial charge in [-0.15, -0.1) is 10.2 Å². The van der Waals surface area contributed by atoms with Crippen LogP contribution in [0.5, 0.6) is 0 Å². The predicted octanol–water partition coefficient (Wildman–Crippen LogP) is 2.54. The van der Waals surface area contributed by atoms with Crippen molar-refractivity contribution >= 4 is 16.5 Å². The zero-order chi connectivity index (χ0) is 10.3. The molecule has 3 rings (SSSR count). The van der Waals surface area contributed by atoms with E-state index in [1.54, 1.807) is 22.5 Å². The summed E-state index contributed by atoms with van der Waals surface area (Å²) in [6.45, 7) is 4.28. The van der Waals surface area contributed by atoms with E-state index in [-0.39, 0.29) is 0 Å². The molecule has 1 aliphatic heterocycles. The summed E-state index contributed by atoms with van der Waals surface area (Å²) in [6.07, 6.45) is 5.22. The molecule has 0 bridgehead atoms. The molecule has 1 aliphatic carbocycles. The van der Waals surface area contributed by atoms with E-state index in [0.29, 0.717) is 0 Å². The summed E-state index contributed by atoms with van der Waals surface area (Å²) in [5, 5.41) is 10.4. The largest absolute Gasteiger partial charge is 0.346 e. The molecule has 1 saturated carbocycles. The third-order valence-electron chi connectivity index (χ3n) is 3.15. The van der Waals surface area contributed by atoms with Gasteiger partial charge in [0.05, 0.1) is 0 Å². The Hall–Kier alpha value is -0.900. The van der Waals surface area contributed by atoms with Crippen molar-refractivity contribution < 1.29 is 0 Å². The summed E-state index contributed by atoms with van der Waals surface area (Å²) in [7, 11) is 0. The van der Waals surface area contributed by atoms with Gasteiger partial charge in [-0.2, -0.15) is 0 Å². The van der Waals surface area contributed by atoms with E-state index in [1.165, 1.54) is 25.7 Å². The number of hydrogen-bond donors (Lipinski definition) is 0. The van der Waals surface area contributed by atoms with Crippen molar-refractivity contribution in [2.75, 3.05) is 18.0 Å². The molecule has 4 heteroatoms. The molecule has 1 saturated heterocycles. The molecule has 0 amide bonds. The van der Waals surface area contributed by atoms with Crippen molar-refractivity contribution in [2.45, 2.75) is 32.6 Å². The van der Waals surface area contributed by atoms with Gasteiger partial charge in [-0.3, -0.25) is 0 Å². The lowest BCUT2D eigenvalue weighted by Crippen LogP contribution is -2.30. The van der Waals surface area contributed by atoms with Crippen LogP contribution < -0.4 is 4.90 Å². The Labute approximate surface area is 93.8 Å². The predicted molar refractivity (Wildman–Crippen MR) is 62.4 cm³/mol. The minimum absolute atomic E-state index is 1.07. The first-order valence-electron chi connectivity index (χ1n) is 5.58. The smallest absolute Gasteiger partial charge is 0.208 e. The van der Waals surface area contributed by atoms with Crippen molar-refractivity contribution in [1.29, 1.82) is 0 Å². The monoisotopic (exact) mass is 221 g/mol. The summed E-state index contributed by atoms with van der Waals surface area (Å²) < 4.78 is 0. The Balaban J connectivity index is 1.69. The number of anilines is 1. The summed E-state index contributed by atoms with van der Waals surface area (Å²) in [5.41, 5.74) is 3.47. The maximum Gasteiger partial charge on any atom is 0.208 e. The molecule has 3 nitrogen and oxygen atoms in total. The van der Waals surface area contributed by atoms with Crippen LogP contribution in [-0.2, 0) is 0 Å². The zero-order valence-corrected chi connectivity index (χ0v) is 9.81. The van der Waals surface area contributed by atoms with Crippen LogP contribution in [0.1, 0.15) is 30.7 Å². The molecule has 1 aromatic heterocycles. The summed E-state index contributed by atoms with van der Waals surface area (Å²) in [6, 6.07) is 0. The van der Waals surface area contributed by atoms with Gasteiger partial charge >= 0.3 is 0 Å². The zero-order valence-electron chi connectivity index (χ0n) is 8.99. The van der Waals surface area contributed by atoms with Gasteiger partial charge in [0.25, 0.3) is 0 Å². The van der Waals surface area contributed by atoms with Crippen LogP contribution in [0, 0.1) is 6.92 Å². The number of rotatable bonds is 1. The van der Waals surface area contributed by atoms with Gasteiger partial charge < -0.3 is 4.90 Å². The number of hydrogen-bond acceptors (Lipinski definition) is 4. The van der Waals surface area contributed by atoms with Gasteiger partial charge in [0.15, 0.2) is 0 Å². The molecule has 2 heterocycles. The Morgan fingerprint density at radius 3 is 2.20 bits per heavy atom. The first-order valence-corrected chi connectivity index (χ1v) is 6.39. The highest BCUT2D eigenvalue weighted by Gasteiger charge is 2.23. The highest BCUT2D eigenvalue weighted by atomic mass is 32.1. The molecule has 0 atom stereocenters. The van der Waals surface area contributed by atoms with Gasteiger partial charge in [-0.1, -0.05) is 22.5 Å². The lowest BCUT2D eigenvalue weighted by molar-refractivity contribution is 0.677. The van der Waals surface area contributed by atoms with Crippen molar-refractivity contribution in [3.63, 3.8) is 0 Å². The highest BCUT2D eigenvalue weighted by molar-refractivity contribution is 7.15. The maximum absolute atomic E-state index is 4.20. The Bertz CT molecular complexity index is 392. The normalized spacial score (nSPS) is 21.0. The van der Waals surface area contributed by atoms with Crippen LogP contribution in [0.25, 0.3) is 0 Å². The second kappa shape index (κ2) is 3.59. The molecular weight excluding hydrogens is 206 g/mol. The number of nitrogens with zero attached hydrogens (tertiary/aromatic N) is 3. The van der Waals surface area contributed by atoms with Gasteiger partial charge in [0, 0.05) is 13.1 Å². The maximum atomic E-state index is 4.20. The van der Waals surface area contributed by atoms with E-state index < -0.39 is 0 Å². The summed E-state index contributed by atoms with van der Waals surface area (Å²) >= 11 is 1.71. The van der Waals surface area contributed by atoms with Gasteiger partial charge in [-0.25, -0.2) is 0 Å². The Morgan fingerprint density at radius 1 is 1.00 bits per heavy atom. The Kier molecular flexibility index (Phi) is 2.24. The van der Waals surface area contributed by atoms with Crippen LogP contribution in [0.4, 0.5) is 5.13 Å². The molecule has 0 unspecified atom stereocenters. The second-order valence-corrected chi connectivity index (χ2v) is 5.46.